The molecule has 0 radical (unpaired) electrons. The van der Waals surface area contributed by atoms with Crippen LogP contribution in [0.1, 0.15) is 37.4 Å². The van der Waals surface area contributed by atoms with Gasteiger partial charge in [-0.25, -0.2) is 14.4 Å². The first-order valence-electron chi connectivity index (χ1n) is 11.9. The number of hydrogen-bond donors (Lipinski definition) is 0. The van der Waals surface area contributed by atoms with Gasteiger partial charge in [-0.2, -0.15) is 0 Å². The lowest BCUT2D eigenvalue weighted by Crippen LogP contribution is -2.40. The van der Waals surface area contributed by atoms with Gasteiger partial charge in [0.1, 0.15) is 13.2 Å². The summed E-state index contributed by atoms with van der Waals surface area (Å²) in [6, 6.07) is 23.3. The van der Waals surface area contributed by atoms with Crippen molar-refractivity contribution in [2.24, 2.45) is 0 Å². The van der Waals surface area contributed by atoms with Crippen molar-refractivity contribution in [3.63, 3.8) is 0 Å². The molecular weight excluding hydrogens is 492 g/mol. The zero-order valence-electron chi connectivity index (χ0n) is 20.6. The fraction of sp³-hybridized carbons (Fsp3) is 0.276. The molecule has 1 aliphatic rings. The van der Waals surface area contributed by atoms with Crippen LogP contribution in [0, 0.1) is 13.8 Å². The number of benzene rings is 3. The molecule has 1 unspecified atom stereocenters. The zero-order chi connectivity index (χ0) is 26.2. The lowest BCUT2D eigenvalue weighted by Gasteiger charge is -2.24. The number of aryl methyl sites for hydroxylation is 2. The minimum atomic E-state index is -0.858. The number of hydrogen-bond acceptors (Lipinski definition) is 8. The molecule has 3 atom stereocenters. The molecule has 0 N–H and O–H groups in total. The lowest BCUT2D eigenvalue weighted by atomic mass is 10.1. The normalized spacial score (nSPS) is 18.6. The van der Waals surface area contributed by atoms with Gasteiger partial charge in [0, 0.05) is 5.75 Å². The summed E-state index contributed by atoms with van der Waals surface area (Å²) in [5.41, 5.74) is 3.67. The molecule has 1 fully saturated rings. The highest BCUT2D eigenvalue weighted by Crippen LogP contribution is 2.33. The predicted octanol–water partition coefficient (Wildman–Crippen LogP) is 5.52. The third-order valence-corrected chi connectivity index (χ3v) is 7.20. The first-order chi connectivity index (χ1) is 17.9. The Kier molecular flexibility index (Phi) is 8.85. The Balaban J connectivity index is 1.41. The van der Waals surface area contributed by atoms with E-state index in [1.807, 2.05) is 68.4 Å². The van der Waals surface area contributed by atoms with Gasteiger partial charge in [-0.3, -0.25) is 0 Å². The summed E-state index contributed by atoms with van der Waals surface area (Å²) < 4.78 is 22.1. The van der Waals surface area contributed by atoms with E-state index in [1.54, 1.807) is 24.3 Å². The van der Waals surface area contributed by atoms with Crippen LogP contribution in [0.2, 0.25) is 0 Å². The standard InChI is InChI=1S/C29H28O7S/c1-19-8-12-22(13-9-19)27(30)33-17-25-26(36-28(31)23-14-10-20(2)11-15-23)24(18-37-25)35-29(32)34-16-21-6-4-3-5-7-21/h3-15,24-26H,16-18H2,1-2H3/t24?,25-,26-/m0/s1. The fourth-order valence-corrected chi connectivity index (χ4v) is 5.01. The van der Waals surface area contributed by atoms with Crippen molar-refractivity contribution < 1.29 is 33.3 Å². The van der Waals surface area contributed by atoms with E-state index in [9.17, 15) is 14.4 Å². The van der Waals surface area contributed by atoms with Crippen LogP contribution < -0.4 is 0 Å². The average Bonchev–Trinajstić information content (AvgIpc) is 3.28. The minimum Gasteiger partial charge on any atom is -0.461 e. The van der Waals surface area contributed by atoms with Crippen molar-refractivity contribution in [1.82, 2.24) is 0 Å². The molecule has 0 bridgehead atoms. The maximum absolute atomic E-state index is 12.9. The van der Waals surface area contributed by atoms with E-state index in [0.29, 0.717) is 16.9 Å². The third-order valence-electron chi connectivity index (χ3n) is 5.85. The van der Waals surface area contributed by atoms with Crippen LogP contribution in [-0.2, 0) is 25.6 Å². The Bertz CT molecular complexity index is 1210. The van der Waals surface area contributed by atoms with Gasteiger partial charge in [-0.15, -0.1) is 11.8 Å². The Morgan fingerprint density at radius 3 is 1.97 bits per heavy atom. The van der Waals surface area contributed by atoms with E-state index in [-0.39, 0.29) is 13.2 Å². The van der Waals surface area contributed by atoms with Crippen LogP contribution in [0.4, 0.5) is 4.79 Å². The molecule has 0 amide bonds. The highest BCUT2D eigenvalue weighted by molar-refractivity contribution is 8.00. The van der Waals surface area contributed by atoms with Gasteiger partial charge < -0.3 is 18.9 Å². The SMILES string of the molecule is Cc1ccc(C(=O)OC[C@@H]2SCC(OC(=O)OCc3ccccc3)[C@@H]2OC(=O)c2ccc(C)cc2)cc1. The summed E-state index contributed by atoms with van der Waals surface area (Å²) in [7, 11) is 0. The van der Waals surface area contributed by atoms with E-state index in [1.165, 1.54) is 11.8 Å². The maximum Gasteiger partial charge on any atom is 0.509 e. The van der Waals surface area contributed by atoms with Crippen molar-refractivity contribution >= 4 is 29.9 Å². The van der Waals surface area contributed by atoms with Gasteiger partial charge in [0.2, 0.25) is 0 Å². The van der Waals surface area contributed by atoms with Crippen LogP contribution in [0.25, 0.3) is 0 Å². The predicted molar refractivity (Wildman–Crippen MR) is 140 cm³/mol. The largest absolute Gasteiger partial charge is 0.509 e. The van der Waals surface area contributed by atoms with Crippen LogP contribution in [0.5, 0.6) is 0 Å². The molecule has 1 saturated heterocycles. The first-order valence-corrected chi connectivity index (χ1v) is 12.9. The molecular formula is C29H28O7S. The molecule has 192 valence electrons. The van der Waals surface area contributed by atoms with Crippen molar-refractivity contribution in [2.45, 2.75) is 37.9 Å². The topological polar surface area (TPSA) is 88.1 Å². The number of esters is 2. The highest BCUT2D eigenvalue weighted by Gasteiger charge is 2.43. The number of thioether (sulfide) groups is 1. The van der Waals surface area contributed by atoms with E-state index in [2.05, 4.69) is 0 Å². The molecule has 1 heterocycles. The molecule has 0 spiro atoms. The van der Waals surface area contributed by atoms with Crippen molar-refractivity contribution in [3.05, 3.63) is 107 Å². The Morgan fingerprint density at radius 1 is 0.757 bits per heavy atom. The maximum atomic E-state index is 12.9. The smallest absolute Gasteiger partial charge is 0.461 e. The first kappa shape index (κ1) is 26.3. The van der Waals surface area contributed by atoms with Gasteiger partial charge in [-0.1, -0.05) is 65.7 Å². The van der Waals surface area contributed by atoms with Crippen LogP contribution >= 0.6 is 11.8 Å². The molecule has 1 aliphatic heterocycles. The van der Waals surface area contributed by atoms with E-state index in [0.717, 1.165) is 16.7 Å². The second-order valence-corrected chi connectivity index (χ2v) is 10.0. The van der Waals surface area contributed by atoms with E-state index < -0.39 is 35.6 Å². The van der Waals surface area contributed by atoms with Crippen LogP contribution in [0.3, 0.4) is 0 Å². The number of ether oxygens (including phenoxy) is 4. The Morgan fingerprint density at radius 2 is 1.35 bits per heavy atom. The Hall–Kier alpha value is -3.78. The van der Waals surface area contributed by atoms with Crippen LogP contribution in [-0.4, -0.2) is 47.9 Å². The summed E-state index contributed by atoms with van der Waals surface area (Å²) in [6.45, 7) is 3.90. The fourth-order valence-electron chi connectivity index (χ4n) is 3.73. The molecule has 3 aromatic rings. The third kappa shape index (κ3) is 7.36. The van der Waals surface area contributed by atoms with Crippen LogP contribution in [0.15, 0.2) is 78.9 Å². The summed E-state index contributed by atoms with van der Waals surface area (Å²) in [5, 5.41) is -0.421. The monoisotopic (exact) mass is 520 g/mol. The van der Waals surface area contributed by atoms with Crippen molar-refractivity contribution in [1.29, 1.82) is 0 Å². The second kappa shape index (κ2) is 12.5. The second-order valence-electron chi connectivity index (χ2n) is 8.75. The zero-order valence-corrected chi connectivity index (χ0v) is 21.4. The molecule has 4 rings (SSSR count). The molecule has 0 aliphatic carbocycles. The lowest BCUT2D eigenvalue weighted by molar-refractivity contribution is -0.0400. The summed E-state index contributed by atoms with van der Waals surface area (Å²) in [6.07, 6.45) is -2.44. The number of rotatable bonds is 8. The molecule has 8 heteroatoms. The van der Waals surface area contributed by atoms with Gasteiger partial charge in [-0.05, 0) is 43.7 Å². The minimum absolute atomic E-state index is 0.0118. The van der Waals surface area contributed by atoms with Crippen molar-refractivity contribution in [2.75, 3.05) is 12.4 Å². The molecule has 3 aromatic carbocycles. The molecule has 37 heavy (non-hydrogen) atoms. The highest BCUT2D eigenvalue weighted by atomic mass is 32.2. The molecule has 0 saturated carbocycles. The summed E-state index contributed by atoms with van der Waals surface area (Å²) >= 11 is 1.41. The van der Waals surface area contributed by atoms with Gasteiger partial charge in [0.05, 0.1) is 16.4 Å². The Labute approximate surface area is 220 Å². The quantitative estimate of drug-likeness (QED) is 0.283. The van der Waals surface area contributed by atoms with Gasteiger partial charge >= 0.3 is 18.1 Å². The molecule has 7 nitrogen and oxygen atoms in total. The van der Waals surface area contributed by atoms with Crippen molar-refractivity contribution in [3.8, 4) is 0 Å². The van der Waals surface area contributed by atoms with Gasteiger partial charge in [0.15, 0.2) is 12.2 Å². The van der Waals surface area contributed by atoms with Gasteiger partial charge in [0.25, 0.3) is 0 Å². The summed E-state index contributed by atoms with van der Waals surface area (Å²) in [4.78, 5) is 37.8. The van der Waals surface area contributed by atoms with E-state index in [4.69, 9.17) is 18.9 Å². The number of carbonyl (C=O) groups excluding carboxylic acids is 3. The average molecular weight is 521 g/mol. The number of carbonyl (C=O) groups is 3. The summed E-state index contributed by atoms with van der Waals surface area (Å²) in [5.74, 6) is -0.663. The van der Waals surface area contributed by atoms with E-state index >= 15 is 0 Å². The molecule has 0 aromatic heterocycles.